The van der Waals surface area contributed by atoms with Crippen molar-refractivity contribution in [3.05, 3.63) is 18.2 Å². The lowest BCUT2D eigenvalue weighted by molar-refractivity contribution is -0.148. The summed E-state index contributed by atoms with van der Waals surface area (Å²) in [5.41, 5.74) is 0. The predicted octanol–water partition coefficient (Wildman–Crippen LogP) is 1.08. The molecule has 0 radical (unpaired) electrons. The van der Waals surface area contributed by atoms with E-state index in [1.807, 2.05) is 6.92 Å². The maximum atomic E-state index is 12.4. The molecule has 1 heterocycles. The second kappa shape index (κ2) is 9.42. The highest BCUT2D eigenvalue weighted by atomic mass is 32.2. The van der Waals surface area contributed by atoms with Gasteiger partial charge in [0.1, 0.15) is 13.2 Å². The van der Waals surface area contributed by atoms with E-state index in [0.717, 1.165) is 12.8 Å². The fraction of sp³-hybridized carbons (Fsp3) is 0.529. The summed E-state index contributed by atoms with van der Waals surface area (Å²) in [5, 5.41) is 2.61. The van der Waals surface area contributed by atoms with Crippen molar-refractivity contribution in [2.24, 2.45) is 0 Å². The van der Waals surface area contributed by atoms with Crippen LogP contribution in [0.2, 0.25) is 0 Å². The Morgan fingerprint density at radius 2 is 1.92 bits per heavy atom. The zero-order valence-electron chi connectivity index (χ0n) is 14.7. The molecule has 1 aromatic rings. The lowest BCUT2D eigenvalue weighted by atomic mass is 10.3. The lowest BCUT2D eigenvalue weighted by Crippen LogP contribution is -2.29. The third kappa shape index (κ3) is 5.91. The van der Waals surface area contributed by atoms with Gasteiger partial charge in [-0.1, -0.05) is 13.3 Å². The molecule has 144 valence electrons. The lowest BCUT2D eigenvalue weighted by Gasteiger charge is -2.18. The van der Waals surface area contributed by atoms with Gasteiger partial charge in [0, 0.05) is 12.6 Å². The summed E-state index contributed by atoms with van der Waals surface area (Å²) in [6.45, 7) is 2.87. The molecular weight excluding hydrogens is 362 g/mol. The van der Waals surface area contributed by atoms with Gasteiger partial charge < -0.3 is 19.5 Å². The molecule has 8 nitrogen and oxygen atoms in total. The molecule has 1 amide bonds. The fourth-order valence-electron chi connectivity index (χ4n) is 2.23. The van der Waals surface area contributed by atoms with Crippen LogP contribution in [0.3, 0.4) is 0 Å². The van der Waals surface area contributed by atoms with E-state index in [0.29, 0.717) is 31.3 Å². The van der Waals surface area contributed by atoms with Gasteiger partial charge in [0.2, 0.25) is 0 Å². The van der Waals surface area contributed by atoms with Crippen molar-refractivity contribution < 1.29 is 32.2 Å². The van der Waals surface area contributed by atoms with Crippen LogP contribution in [-0.4, -0.2) is 52.4 Å². The van der Waals surface area contributed by atoms with Crippen LogP contribution in [0.15, 0.2) is 23.1 Å². The number of fused-ring (bicyclic) bond motifs is 1. The van der Waals surface area contributed by atoms with Crippen LogP contribution < -0.4 is 14.8 Å². The summed E-state index contributed by atoms with van der Waals surface area (Å²) in [6.07, 6.45) is 1.45. The Balaban J connectivity index is 1.82. The molecule has 2 rings (SSSR count). The van der Waals surface area contributed by atoms with Gasteiger partial charge in [0.15, 0.2) is 27.9 Å². The molecule has 26 heavy (non-hydrogen) atoms. The number of nitrogens with one attached hydrogen (secondary N) is 1. The second-order valence-corrected chi connectivity index (χ2v) is 7.85. The first-order valence-electron chi connectivity index (χ1n) is 8.47. The number of esters is 1. The van der Waals surface area contributed by atoms with Crippen LogP contribution in [0, 0.1) is 0 Å². The molecule has 0 spiro atoms. The van der Waals surface area contributed by atoms with Crippen LogP contribution in [0.5, 0.6) is 11.5 Å². The molecule has 0 fully saturated rings. The summed E-state index contributed by atoms with van der Waals surface area (Å²) in [7, 11) is -3.68. The van der Waals surface area contributed by atoms with Crippen LogP contribution in [0.25, 0.3) is 0 Å². The summed E-state index contributed by atoms with van der Waals surface area (Å²) < 4.78 is 40.2. The largest absolute Gasteiger partial charge is 0.486 e. The number of hydrogen-bond acceptors (Lipinski definition) is 7. The molecule has 1 aromatic carbocycles. The van der Waals surface area contributed by atoms with Crippen molar-refractivity contribution in [1.82, 2.24) is 5.32 Å². The Bertz CT molecular complexity index is 745. The minimum Gasteiger partial charge on any atom is -0.486 e. The molecule has 0 aromatic heterocycles. The molecule has 1 N–H and O–H groups in total. The molecule has 0 saturated carbocycles. The molecule has 0 saturated heterocycles. The van der Waals surface area contributed by atoms with Gasteiger partial charge >= 0.3 is 5.97 Å². The maximum absolute atomic E-state index is 12.4. The van der Waals surface area contributed by atoms with E-state index < -0.39 is 34.1 Å². The molecule has 0 unspecified atom stereocenters. The minimum absolute atomic E-state index is 0.0480. The van der Waals surface area contributed by atoms with E-state index in [-0.39, 0.29) is 11.3 Å². The average Bonchev–Trinajstić information content (AvgIpc) is 2.64. The number of carbonyl (C=O) groups excluding carboxylic acids is 2. The first kappa shape index (κ1) is 20.0. The number of hydrogen-bond donors (Lipinski definition) is 1. The summed E-state index contributed by atoms with van der Waals surface area (Å²) in [6, 6.07) is 4.33. The van der Waals surface area contributed by atoms with Crippen molar-refractivity contribution in [3.63, 3.8) is 0 Å². The Kier molecular flexibility index (Phi) is 7.26. The summed E-state index contributed by atoms with van der Waals surface area (Å²) >= 11 is 0. The van der Waals surface area contributed by atoms with E-state index in [2.05, 4.69) is 5.32 Å². The van der Waals surface area contributed by atoms with E-state index in [1.54, 1.807) is 0 Å². The monoisotopic (exact) mass is 385 g/mol. The number of unbranched alkanes of at least 4 members (excludes halogenated alkanes) is 1. The van der Waals surface area contributed by atoms with Crippen LogP contribution in [0.4, 0.5) is 0 Å². The molecule has 9 heteroatoms. The summed E-state index contributed by atoms with van der Waals surface area (Å²) in [4.78, 5) is 23.2. The van der Waals surface area contributed by atoms with E-state index >= 15 is 0 Å². The Labute approximate surface area is 152 Å². The quantitative estimate of drug-likeness (QED) is 0.500. The first-order chi connectivity index (χ1) is 12.4. The molecule has 1 aliphatic rings. The predicted molar refractivity (Wildman–Crippen MR) is 93.0 cm³/mol. The number of ether oxygens (including phenoxy) is 3. The van der Waals surface area contributed by atoms with Gasteiger partial charge in [-0.05, 0) is 18.6 Å². The highest BCUT2D eigenvalue weighted by molar-refractivity contribution is 7.91. The van der Waals surface area contributed by atoms with Gasteiger partial charge in [-0.3, -0.25) is 9.59 Å². The number of sulfone groups is 1. The molecule has 0 aliphatic carbocycles. The van der Waals surface area contributed by atoms with Crippen molar-refractivity contribution >= 4 is 21.7 Å². The van der Waals surface area contributed by atoms with E-state index in [4.69, 9.17) is 14.2 Å². The van der Waals surface area contributed by atoms with Crippen molar-refractivity contribution in [2.45, 2.75) is 31.1 Å². The SMILES string of the molecule is CCCCNC(=O)COC(=O)CCS(=O)(=O)c1ccc2c(c1)OCCO2. The fourth-order valence-corrected chi connectivity index (χ4v) is 3.46. The van der Waals surface area contributed by atoms with Gasteiger partial charge in [-0.25, -0.2) is 8.42 Å². The van der Waals surface area contributed by atoms with Crippen LogP contribution in [0.1, 0.15) is 26.2 Å². The number of rotatable bonds is 9. The average molecular weight is 385 g/mol. The normalized spacial score (nSPS) is 13.1. The Morgan fingerprint density at radius 3 is 2.65 bits per heavy atom. The van der Waals surface area contributed by atoms with Crippen LogP contribution >= 0.6 is 0 Å². The second-order valence-electron chi connectivity index (χ2n) is 5.74. The topological polar surface area (TPSA) is 108 Å². The van der Waals surface area contributed by atoms with E-state index in [9.17, 15) is 18.0 Å². The van der Waals surface area contributed by atoms with Crippen molar-refractivity contribution in [2.75, 3.05) is 32.1 Å². The maximum Gasteiger partial charge on any atom is 0.307 e. The Hall–Kier alpha value is -2.29. The minimum atomic E-state index is -3.68. The zero-order chi connectivity index (χ0) is 19.0. The summed E-state index contributed by atoms with van der Waals surface area (Å²) in [5.74, 6) is -0.700. The third-order valence-electron chi connectivity index (χ3n) is 3.66. The van der Waals surface area contributed by atoms with Crippen LogP contribution in [-0.2, 0) is 24.2 Å². The van der Waals surface area contributed by atoms with Gasteiger partial charge in [0.05, 0.1) is 17.1 Å². The highest BCUT2D eigenvalue weighted by Crippen LogP contribution is 2.32. The number of benzene rings is 1. The molecule has 0 bridgehead atoms. The highest BCUT2D eigenvalue weighted by Gasteiger charge is 2.21. The number of carbonyl (C=O) groups is 2. The van der Waals surface area contributed by atoms with Crippen molar-refractivity contribution in [1.29, 1.82) is 0 Å². The van der Waals surface area contributed by atoms with Gasteiger partial charge in [-0.2, -0.15) is 0 Å². The van der Waals surface area contributed by atoms with Crippen molar-refractivity contribution in [3.8, 4) is 11.5 Å². The van der Waals surface area contributed by atoms with Gasteiger partial charge in [-0.15, -0.1) is 0 Å². The smallest absolute Gasteiger partial charge is 0.307 e. The number of amides is 1. The Morgan fingerprint density at radius 1 is 1.19 bits per heavy atom. The zero-order valence-corrected chi connectivity index (χ0v) is 15.5. The van der Waals surface area contributed by atoms with Gasteiger partial charge in [0.25, 0.3) is 5.91 Å². The molecule has 0 atom stereocenters. The third-order valence-corrected chi connectivity index (χ3v) is 5.38. The standard InChI is InChI=1S/C17H23NO7S/c1-2-3-7-18-16(19)12-25-17(20)6-10-26(21,22)13-4-5-14-15(11-13)24-9-8-23-14/h4-5,11H,2-3,6-10,12H2,1H3,(H,18,19). The molecular formula is C17H23NO7S. The molecule has 1 aliphatic heterocycles. The first-order valence-corrected chi connectivity index (χ1v) is 10.1. The van der Waals surface area contributed by atoms with E-state index in [1.165, 1.54) is 18.2 Å².